The Morgan fingerprint density at radius 1 is 1.08 bits per heavy atom. The molecule has 4 atom stereocenters. The molecule has 3 aliphatic carbocycles. The molecule has 2 N–H and O–H groups in total. The molecule has 1 aromatic rings. The average Bonchev–Trinajstić information content (AvgIpc) is 3.13. The lowest BCUT2D eigenvalue weighted by Gasteiger charge is -2.42. The van der Waals surface area contributed by atoms with Crippen LogP contribution in [0.15, 0.2) is 46.6 Å². The van der Waals surface area contributed by atoms with E-state index in [-0.39, 0.29) is 71.2 Å². The van der Waals surface area contributed by atoms with Crippen LogP contribution in [-0.4, -0.2) is 65.2 Å². The fourth-order valence-electron chi connectivity index (χ4n) is 6.37. The number of Topliss-reactive ketones (excluding diaryl/α,β-unsaturated/α-hetero) is 1. The molecule has 10 heteroatoms. The predicted octanol–water partition coefficient (Wildman–Crippen LogP) is 2.31. The Kier molecular flexibility index (Phi) is 6.21. The van der Waals surface area contributed by atoms with Crippen molar-refractivity contribution in [2.75, 3.05) is 20.8 Å². The first-order chi connectivity index (χ1) is 18.1. The third-order valence-electron chi connectivity index (χ3n) is 8.04. The fourth-order valence-corrected chi connectivity index (χ4v) is 6.37. The molecule has 10 nitrogen and oxygen atoms in total. The number of fused-ring (bicyclic) bond motifs is 3. The molecule has 1 aromatic carbocycles. The van der Waals surface area contributed by atoms with Gasteiger partial charge in [-0.1, -0.05) is 11.6 Å². The van der Waals surface area contributed by atoms with E-state index in [1.165, 1.54) is 26.4 Å². The first-order valence-corrected chi connectivity index (χ1v) is 12.3. The molecule has 0 saturated carbocycles. The van der Waals surface area contributed by atoms with Crippen LogP contribution in [0.4, 0.5) is 0 Å². The standard InChI is InChI=1S/C28H27NO9/c1-12-8-18(30)23-17(26(12)34)11-16-14(24(23)25-19(31)9-13(37-2)10-20(25)38-3)4-5-15-22(16)28(36)29(27(15)35)7-6-21(32)33/h4,8-10,15-16,22,24,31H,5-7,11H2,1-3H3,(H,32,33)/t15-,16+,22-,24-/m0/s1. The van der Waals surface area contributed by atoms with E-state index in [1.54, 1.807) is 13.0 Å². The second kappa shape index (κ2) is 9.27. The molecule has 0 spiro atoms. The van der Waals surface area contributed by atoms with Crippen molar-refractivity contribution in [2.45, 2.75) is 32.1 Å². The van der Waals surface area contributed by atoms with Crippen LogP contribution in [0.5, 0.6) is 17.2 Å². The van der Waals surface area contributed by atoms with Crippen molar-refractivity contribution in [1.82, 2.24) is 4.90 Å². The highest BCUT2D eigenvalue weighted by atomic mass is 16.5. The lowest BCUT2D eigenvalue weighted by atomic mass is 9.59. The minimum Gasteiger partial charge on any atom is -0.507 e. The predicted molar refractivity (Wildman–Crippen MR) is 132 cm³/mol. The third kappa shape index (κ3) is 3.74. The number of aromatic hydroxyl groups is 1. The van der Waals surface area contributed by atoms with E-state index < -0.39 is 41.5 Å². The summed E-state index contributed by atoms with van der Waals surface area (Å²) in [5, 5.41) is 20.2. The van der Waals surface area contributed by atoms with Crippen molar-refractivity contribution in [3.05, 3.63) is 52.1 Å². The molecule has 1 heterocycles. The minimum atomic E-state index is -1.12. The number of benzene rings is 1. The van der Waals surface area contributed by atoms with Gasteiger partial charge in [0, 0.05) is 46.9 Å². The zero-order valence-corrected chi connectivity index (χ0v) is 21.1. The summed E-state index contributed by atoms with van der Waals surface area (Å²) < 4.78 is 10.8. The number of ether oxygens (including phenoxy) is 2. The SMILES string of the molecule is COc1cc(O)c([C@H]2C3=CC[C@@H]4C(=O)N(CCC(=O)O)C(=O)[C@@H]4[C@@H]3CC3=C2C(=O)C=C(C)C3=O)c(OC)c1. The van der Waals surface area contributed by atoms with Crippen LogP contribution < -0.4 is 9.47 Å². The Morgan fingerprint density at radius 3 is 2.47 bits per heavy atom. The van der Waals surface area contributed by atoms with Crippen molar-refractivity contribution in [1.29, 1.82) is 0 Å². The number of likely N-dealkylation sites (tertiary alicyclic amines) is 1. The summed E-state index contributed by atoms with van der Waals surface area (Å²) in [7, 11) is 2.85. The van der Waals surface area contributed by atoms with Gasteiger partial charge in [-0.25, -0.2) is 0 Å². The van der Waals surface area contributed by atoms with Gasteiger partial charge < -0.3 is 19.7 Å². The number of imide groups is 1. The molecule has 1 saturated heterocycles. The van der Waals surface area contributed by atoms with Crippen LogP contribution in [0.25, 0.3) is 0 Å². The molecule has 2 amide bonds. The van der Waals surface area contributed by atoms with Gasteiger partial charge in [-0.15, -0.1) is 0 Å². The molecular weight excluding hydrogens is 494 g/mol. The number of carboxylic acids is 1. The first kappa shape index (κ1) is 25.4. The highest BCUT2D eigenvalue weighted by Crippen LogP contribution is 2.57. The summed E-state index contributed by atoms with van der Waals surface area (Å²) in [6.07, 6.45) is 3.02. The third-order valence-corrected chi connectivity index (χ3v) is 8.04. The van der Waals surface area contributed by atoms with Gasteiger partial charge in [-0.05, 0) is 31.8 Å². The number of methoxy groups -OCH3 is 2. The maximum atomic E-state index is 13.5. The number of rotatable bonds is 6. The van der Waals surface area contributed by atoms with Crippen LogP contribution >= 0.6 is 0 Å². The lowest BCUT2D eigenvalue weighted by Crippen LogP contribution is -2.40. The number of hydrogen-bond donors (Lipinski definition) is 2. The van der Waals surface area contributed by atoms with E-state index in [1.807, 2.05) is 6.08 Å². The number of amides is 2. The van der Waals surface area contributed by atoms with Crippen molar-refractivity contribution >= 4 is 29.4 Å². The van der Waals surface area contributed by atoms with Crippen molar-refractivity contribution in [3.63, 3.8) is 0 Å². The van der Waals surface area contributed by atoms with Crippen LogP contribution in [0, 0.1) is 17.8 Å². The van der Waals surface area contributed by atoms with Gasteiger partial charge >= 0.3 is 5.97 Å². The van der Waals surface area contributed by atoms with E-state index in [0.29, 0.717) is 11.3 Å². The Balaban J connectivity index is 1.68. The van der Waals surface area contributed by atoms with Gasteiger partial charge in [0.15, 0.2) is 11.6 Å². The van der Waals surface area contributed by atoms with Crippen LogP contribution in [-0.2, 0) is 24.0 Å². The number of carbonyl (C=O) groups excluding carboxylic acids is 4. The molecule has 4 aliphatic rings. The van der Waals surface area contributed by atoms with Gasteiger partial charge in [0.2, 0.25) is 11.8 Å². The number of phenolic OH excluding ortho intramolecular Hbond substituents is 1. The molecule has 5 rings (SSSR count). The molecule has 198 valence electrons. The number of aliphatic carboxylic acids is 1. The Labute approximate surface area is 218 Å². The first-order valence-electron chi connectivity index (χ1n) is 12.3. The number of carbonyl (C=O) groups is 5. The number of carboxylic acid groups (broad SMARTS) is 1. The van der Waals surface area contributed by atoms with E-state index >= 15 is 0 Å². The molecule has 1 aliphatic heterocycles. The van der Waals surface area contributed by atoms with E-state index in [9.17, 15) is 29.1 Å². The van der Waals surface area contributed by atoms with Crippen LogP contribution in [0.3, 0.4) is 0 Å². The smallest absolute Gasteiger partial charge is 0.305 e. The zero-order valence-electron chi connectivity index (χ0n) is 21.1. The summed E-state index contributed by atoms with van der Waals surface area (Å²) in [5.74, 6) is -5.34. The van der Waals surface area contributed by atoms with Gasteiger partial charge in [0.25, 0.3) is 0 Å². The summed E-state index contributed by atoms with van der Waals surface area (Å²) in [4.78, 5) is 65.5. The Morgan fingerprint density at radius 2 is 1.82 bits per heavy atom. The topological polar surface area (TPSA) is 148 Å². The summed E-state index contributed by atoms with van der Waals surface area (Å²) >= 11 is 0. The monoisotopic (exact) mass is 521 g/mol. The highest BCUT2D eigenvalue weighted by Gasteiger charge is 2.56. The van der Waals surface area contributed by atoms with Crippen molar-refractivity contribution in [2.24, 2.45) is 17.8 Å². The second-order valence-electron chi connectivity index (χ2n) is 9.96. The Hall–Kier alpha value is -4.21. The van der Waals surface area contributed by atoms with Gasteiger partial charge in [-0.2, -0.15) is 0 Å². The fraction of sp³-hybridized carbons (Fsp3) is 0.393. The molecule has 38 heavy (non-hydrogen) atoms. The number of phenols is 1. The van der Waals surface area contributed by atoms with Gasteiger partial charge in [-0.3, -0.25) is 28.9 Å². The molecule has 0 aromatic heterocycles. The minimum absolute atomic E-state index is 0.0829. The van der Waals surface area contributed by atoms with E-state index in [2.05, 4.69) is 0 Å². The molecule has 1 fully saturated rings. The summed E-state index contributed by atoms with van der Waals surface area (Å²) in [5.41, 5.74) is 1.67. The van der Waals surface area contributed by atoms with Crippen molar-refractivity contribution in [3.8, 4) is 17.2 Å². The molecule has 0 bridgehead atoms. The Bertz CT molecular complexity index is 1400. The maximum absolute atomic E-state index is 13.5. The number of allylic oxidation sites excluding steroid dienone is 6. The molecule has 0 unspecified atom stereocenters. The number of ketones is 2. The second-order valence-corrected chi connectivity index (χ2v) is 9.96. The number of hydrogen-bond acceptors (Lipinski definition) is 8. The number of nitrogens with zero attached hydrogens (tertiary/aromatic N) is 1. The zero-order chi connectivity index (χ0) is 27.5. The summed E-state index contributed by atoms with van der Waals surface area (Å²) in [6, 6.07) is 2.96. The maximum Gasteiger partial charge on any atom is 0.305 e. The molecule has 0 radical (unpaired) electrons. The van der Waals surface area contributed by atoms with E-state index in [0.717, 1.165) is 4.90 Å². The normalized spacial score (nSPS) is 26.4. The van der Waals surface area contributed by atoms with Crippen LogP contribution in [0.1, 0.15) is 37.7 Å². The summed E-state index contributed by atoms with van der Waals surface area (Å²) in [6.45, 7) is 1.32. The van der Waals surface area contributed by atoms with Crippen molar-refractivity contribution < 1.29 is 43.7 Å². The average molecular weight is 522 g/mol. The highest BCUT2D eigenvalue weighted by molar-refractivity contribution is 6.23. The molecular formula is C28H27NO9. The van der Waals surface area contributed by atoms with Gasteiger partial charge in [0.05, 0.1) is 32.5 Å². The lowest BCUT2D eigenvalue weighted by molar-refractivity contribution is -0.142. The van der Waals surface area contributed by atoms with Gasteiger partial charge in [0.1, 0.15) is 17.2 Å². The van der Waals surface area contributed by atoms with E-state index in [4.69, 9.17) is 14.6 Å². The van der Waals surface area contributed by atoms with Crippen LogP contribution in [0.2, 0.25) is 0 Å². The largest absolute Gasteiger partial charge is 0.507 e. The quantitative estimate of drug-likeness (QED) is 0.327.